The second kappa shape index (κ2) is 9.56. The van der Waals surface area contributed by atoms with E-state index < -0.39 is 5.91 Å². The van der Waals surface area contributed by atoms with Crippen molar-refractivity contribution in [3.8, 4) is 22.9 Å². The molecule has 9 heteroatoms. The number of methoxy groups -OCH3 is 1. The van der Waals surface area contributed by atoms with Crippen LogP contribution in [0.5, 0.6) is 11.6 Å². The van der Waals surface area contributed by atoms with Gasteiger partial charge in [0, 0.05) is 29.1 Å². The maximum Gasteiger partial charge on any atom is 0.295 e. The molecule has 3 aromatic rings. The van der Waals surface area contributed by atoms with E-state index in [1.54, 1.807) is 43.9 Å². The van der Waals surface area contributed by atoms with Crippen LogP contribution in [0.25, 0.3) is 11.3 Å². The van der Waals surface area contributed by atoms with E-state index in [1.807, 2.05) is 13.8 Å². The van der Waals surface area contributed by atoms with Gasteiger partial charge in [-0.1, -0.05) is 0 Å². The zero-order valence-corrected chi connectivity index (χ0v) is 16.4. The summed E-state index contributed by atoms with van der Waals surface area (Å²) in [6.07, 6.45) is 6.16. The molecule has 0 fully saturated rings. The Bertz CT molecular complexity index is 979. The zero-order valence-electron chi connectivity index (χ0n) is 16.4. The molecule has 0 aliphatic rings. The van der Waals surface area contributed by atoms with Crippen molar-refractivity contribution in [2.75, 3.05) is 13.7 Å². The summed E-state index contributed by atoms with van der Waals surface area (Å²) in [5, 5.41) is 0. The number of nitrogens with one attached hydrogen (secondary N) is 1. The summed E-state index contributed by atoms with van der Waals surface area (Å²) in [4.78, 5) is 34.5. The number of carbonyl (C=O) groups excluding carboxylic acids is 1. The molecule has 3 heterocycles. The van der Waals surface area contributed by atoms with E-state index in [0.717, 1.165) is 16.8 Å². The van der Waals surface area contributed by atoms with E-state index in [9.17, 15) is 4.79 Å². The predicted molar refractivity (Wildman–Crippen MR) is 104 cm³/mol. The molecular formula is C20H21N5O4. The molecule has 0 bridgehead atoms. The fraction of sp³-hybridized carbons (Fsp3) is 0.250. The van der Waals surface area contributed by atoms with E-state index in [1.165, 1.54) is 6.20 Å². The Kier molecular flexibility index (Phi) is 6.64. The number of ether oxygens (including phenoxy) is 2. The Morgan fingerprint density at radius 3 is 2.72 bits per heavy atom. The van der Waals surface area contributed by atoms with Gasteiger partial charge in [-0.2, -0.15) is 0 Å². The van der Waals surface area contributed by atoms with Gasteiger partial charge in [0.25, 0.3) is 5.91 Å². The summed E-state index contributed by atoms with van der Waals surface area (Å²) < 4.78 is 10.5. The average molecular weight is 395 g/mol. The summed E-state index contributed by atoms with van der Waals surface area (Å²) in [7, 11) is 1.56. The minimum Gasteiger partial charge on any atom is -0.495 e. The van der Waals surface area contributed by atoms with Crippen LogP contribution in [0.3, 0.4) is 0 Å². The number of nitrogens with zero attached hydrogens (tertiary/aromatic N) is 4. The number of aryl methyl sites for hydroxylation is 1. The normalized spacial score (nSPS) is 10.4. The van der Waals surface area contributed by atoms with Gasteiger partial charge in [-0.15, -0.1) is 0 Å². The van der Waals surface area contributed by atoms with Gasteiger partial charge in [0.05, 0.1) is 38.0 Å². The van der Waals surface area contributed by atoms with Crippen LogP contribution in [0.15, 0.2) is 43.0 Å². The summed E-state index contributed by atoms with van der Waals surface area (Å²) in [5.41, 5.74) is 5.30. The Hall–Kier alpha value is -3.59. The zero-order chi connectivity index (χ0) is 20.6. The molecule has 9 nitrogen and oxygen atoms in total. The summed E-state index contributed by atoms with van der Waals surface area (Å²) in [6, 6.07) is 5.34. The first-order valence-electron chi connectivity index (χ1n) is 8.93. The SMILES string of the molecule is CCOc1ccc(-c2cncc(C(=O)NOCc3cc(OC)cnc3C)n2)cn1. The maximum atomic E-state index is 12.4. The van der Waals surface area contributed by atoms with Gasteiger partial charge in [0.1, 0.15) is 18.1 Å². The average Bonchev–Trinajstić information content (AvgIpc) is 2.76. The molecule has 0 saturated carbocycles. The molecule has 0 aromatic carbocycles. The van der Waals surface area contributed by atoms with E-state index in [2.05, 4.69) is 25.4 Å². The highest BCUT2D eigenvalue weighted by molar-refractivity contribution is 5.91. The van der Waals surface area contributed by atoms with Crippen LogP contribution >= 0.6 is 0 Å². The number of carbonyl (C=O) groups is 1. The Labute approximate surface area is 168 Å². The Balaban J connectivity index is 1.63. The third kappa shape index (κ3) is 5.23. The fourth-order valence-electron chi connectivity index (χ4n) is 2.43. The molecule has 29 heavy (non-hydrogen) atoms. The van der Waals surface area contributed by atoms with Gasteiger partial charge < -0.3 is 9.47 Å². The topological polar surface area (TPSA) is 108 Å². The molecule has 150 valence electrons. The third-order valence-corrected chi connectivity index (χ3v) is 3.99. The van der Waals surface area contributed by atoms with Crippen LogP contribution in [-0.4, -0.2) is 39.6 Å². The molecule has 0 unspecified atom stereocenters. The van der Waals surface area contributed by atoms with Crippen molar-refractivity contribution in [3.05, 3.63) is 59.9 Å². The lowest BCUT2D eigenvalue weighted by molar-refractivity contribution is 0.0226. The van der Waals surface area contributed by atoms with Crippen molar-refractivity contribution in [2.24, 2.45) is 0 Å². The van der Waals surface area contributed by atoms with Crippen molar-refractivity contribution < 1.29 is 19.1 Å². The number of aromatic nitrogens is 4. The number of rotatable bonds is 8. The molecular weight excluding hydrogens is 374 g/mol. The molecule has 0 radical (unpaired) electrons. The highest BCUT2D eigenvalue weighted by Crippen LogP contribution is 2.18. The lowest BCUT2D eigenvalue weighted by Crippen LogP contribution is -2.25. The molecule has 0 aliphatic heterocycles. The number of hydrogen-bond acceptors (Lipinski definition) is 8. The summed E-state index contributed by atoms with van der Waals surface area (Å²) in [6.45, 7) is 4.40. The van der Waals surface area contributed by atoms with Crippen molar-refractivity contribution in [2.45, 2.75) is 20.5 Å². The lowest BCUT2D eigenvalue weighted by atomic mass is 10.2. The molecule has 3 aromatic heterocycles. The van der Waals surface area contributed by atoms with E-state index in [4.69, 9.17) is 14.3 Å². The van der Waals surface area contributed by atoms with Gasteiger partial charge in [-0.3, -0.25) is 19.6 Å². The van der Waals surface area contributed by atoms with Crippen LogP contribution in [0, 0.1) is 6.92 Å². The fourth-order valence-corrected chi connectivity index (χ4v) is 2.43. The minimum atomic E-state index is -0.508. The van der Waals surface area contributed by atoms with E-state index >= 15 is 0 Å². The first-order valence-corrected chi connectivity index (χ1v) is 8.93. The van der Waals surface area contributed by atoms with Crippen LogP contribution in [0.4, 0.5) is 0 Å². The molecule has 0 aliphatic carbocycles. The third-order valence-electron chi connectivity index (χ3n) is 3.99. The van der Waals surface area contributed by atoms with Crippen molar-refractivity contribution in [1.29, 1.82) is 0 Å². The predicted octanol–water partition coefficient (Wildman–Crippen LogP) is 2.51. The molecule has 0 saturated heterocycles. The quantitative estimate of drug-likeness (QED) is 0.580. The Morgan fingerprint density at radius 1 is 1.14 bits per heavy atom. The smallest absolute Gasteiger partial charge is 0.295 e. The highest BCUT2D eigenvalue weighted by Gasteiger charge is 2.11. The van der Waals surface area contributed by atoms with Crippen molar-refractivity contribution >= 4 is 5.91 Å². The summed E-state index contributed by atoms with van der Waals surface area (Å²) >= 11 is 0. The van der Waals surface area contributed by atoms with Crippen molar-refractivity contribution in [1.82, 2.24) is 25.4 Å². The molecule has 0 atom stereocenters. The molecule has 3 rings (SSSR count). The Morgan fingerprint density at radius 2 is 2.00 bits per heavy atom. The first-order chi connectivity index (χ1) is 14.1. The van der Waals surface area contributed by atoms with Crippen LogP contribution in [0.2, 0.25) is 0 Å². The maximum absolute atomic E-state index is 12.4. The molecule has 1 amide bonds. The largest absolute Gasteiger partial charge is 0.495 e. The van der Waals surface area contributed by atoms with E-state index in [-0.39, 0.29) is 12.3 Å². The van der Waals surface area contributed by atoms with Crippen molar-refractivity contribution in [3.63, 3.8) is 0 Å². The molecule has 1 N–H and O–H groups in total. The van der Waals surface area contributed by atoms with Crippen LogP contribution in [0.1, 0.15) is 28.7 Å². The van der Waals surface area contributed by atoms with Gasteiger partial charge in [-0.25, -0.2) is 15.4 Å². The lowest BCUT2D eigenvalue weighted by Gasteiger charge is -2.09. The second-order valence-corrected chi connectivity index (χ2v) is 5.95. The van der Waals surface area contributed by atoms with Gasteiger partial charge >= 0.3 is 0 Å². The summed E-state index contributed by atoms with van der Waals surface area (Å²) in [5.74, 6) is 0.628. The number of pyridine rings is 2. The number of hydrogen-bond donors (Lipinski definition) is 1. The molecule has 0 spiro atoms. The monoisotopic (exact) mass is 395 g/mol. The van der Waals surface area contributed by atoms with Gasteiger partial charge in [0.2, 0.25) is 5.88 Å². The second-order valence-electron chi connectivity index (χ2n) is 5.95. The van der Waals surface area contributed by atoms with Gasteiger partial charge in [0.15, 0.2) is 0 Å². The highest BCUT2D eigenvalue weighted by atomic mass is 16.6. The first kappa shape index (κ1) is 20.2. The van der Waals surface area contributed by atoms with Crippen LogP contribution in [-0.2, 0) is 11.4 Å². The number of amides is 1. The van der Waals surface area contributed by atoms with E-state index in [0.29, 0.717) is 23.9 Å². The minimum absolute atomic E-state index is 0.122. The van der Waals surface area contributed by atoms with Crippen LogP contribution < -0.4 is 15.0 Å². The standard InChI is InChI=1S/C20H21N5O4/c1-4-28-19-6-5-14(8-23-19)17-10-21-11-18(24-17)20(26)25-29-12-15-7-16(27-3)9-22-13(15)2/h5-11H,4,12H2,1-3H3,(H,25,26). The van der Waals surface area contributed by atoms with Gasteiger partial charge in [-0.05, 0) is 26.0 Å². The number of hydroxylamine groups is 1.